The van der Waals surface area contributed by atoms with Crippen molar-refractivity contribution in [1.29, 1.82) is 0 Å². The topological polar surface area (TPSA) is 63.8 Å². The largest absolute Gasteiger partial charge is 0.382 e. The minimum Gasteiger partial charge on any atom is -0.382 e. The summed E-state index contributed by atoms with van der Waals surface area (Å²) in [5.74, 6) is -0.295. The summed E-state index contributed by atoms with van der Waals surface area (Å²) in [6.07, 6.45) is 0.803. The summed E-state index contributed by atoms with van der Waals surface area (Å²) in [5, 5.41) is 20.3. The molecule has 1 atom stereocenters. The average molecular weight is 430 g/mol. The van der Waals surface area contributed by atoms with Gasteiger partial charge in [0.15, 0.2) is 0 Å². The Bertz CT molecular complexity index is 804. The van der Waals surface area contributed by atoms with Crippen molar-refractivity contribution in [2.45, 2.75) is 19.6 Å². The molecule has 0 radical (unpaired) electrons. The number of aryl methyl sites for hydroxylation is 1. The Morgan fingerprint density at radius 1 is 1.45 bits per heavy atom. The molecule has 0 aliphatic heterocycles. The highest BCUT2D eigenvalue weighted by Gasteiger charge is 2.22. The molecular formula is C14H12FIN4OS. The maximum atomic E-state index is 13.3. The number of aliphatic hydroxyl groups excluding tert-OH is 1. The van der Waals surface area contributed by atoms with Gasteiger partial charge in [-0.1, -0.05) is 5.21 Å². The van der Waals surface area contributed by atoms with Gasteiger partial charge in [-0.3, -0.25) is 4.68 Å². The first-order valence-corrected chi connectivity index (χ1v) is 8.49. The van der Waals surface area contributed by atoms with Gasteiger partial charge in [0.05, 0.1) is 11.9 Å². The number of halogens is 2. The van der Waals surface area contributed by atoms with Crippen LogP contribution in [0.1, 0.15) is 24.3 Å². The van der Waals surface area contributed by atoms with Gasteiger partial charge in [0.1, 0.15) is 17.6 Å². The molecule has 22 heavy (non-hydrogen) atoms. The molecule has 1 aromatic carbocycles. The summed E-state index contributed by atoms with van der Waals surface area (Å²) in [7, 11) is 0. The van der Waals surface area contributed by atoms with Crippen molar-refractivity contribution in [2.24, 2.45) is 0 Å². The Labute approximate surface area is 144 Å². The molecule has 0 amide bonds. The second kappa shape index (κ2) is 6.39. The van der Waals surface area contributed by atoms with Gasteiger partial charge in [-0.2, -0.15) is 4.37 Å². The molecule has 3 rings (SSSR count). The van der Waals surface area contributed by atoms with Crippen molar-refractivity contribution < 1.29 is 9.50 Å². The average Bonchev–Trinajstić information content (AvgIpc) is 3.15. The standard InChI is InChI=1S/C14H12FIN4OS/c1-2-20-6-12(17-19-20)14(21)10-7-22-18-13(10)9-4-3-8(15)5-11(9)16/h3-7,14,21H,2H2,1H3. The molecule has 0 bridgehead atoms. The van der Waals surface area contributed by atoms with E-state index in [2.05, 4.69) is 37.3 Å². The predicted octanol–water partition coefficient (Wildman–Crippen LogP) is 3.25. The van der Waals surface area contributed by atoms with E-state index in [1.54, 1.807) is 22.3 Å². The number of nitrogens with zero attached hydrogens (tertiary/aromatic N) is 4. The highest BCUT2D eigenvalue weighted by molar-refractivity contribution is 14.1. The molecule has 0 spiro atoms. The molecular weight excluding hydrogens is 418 g/mol. The molecule has 1 unspecified atom stereocenters. The summed E-state index contributed by atoms with van der Waals surface area (Å²) in [6, 6.07) is 4.50. The highest BCUT2D eigenvalue weighted by atomic mass is 127. The van der Waals surface area contributed by atoms with E-state index in [-0.39, 0.29) is 5.82 Å². The van der Waals surface area contributed by atoms with Crippen LogP contribution in [0.25, 0.3) is 11.3 Å². The maximum Gasteiger partial charge on any atom is 0.127 e. The zero-order valence-corrected chi connectivity index (χ0v) is 14.5. The Hall–Kier alpha value is -1.39. The first-order valence-electron chi connectivity index (χ1n) is 6.58. The van der Waals surface area contributed by atoms with Crippen LogP contribution in [-0.4, -0.2) is 24.5 Å². The Morgan fingerprint density at radius 2 is 2.27 bits per heavy atom. The smallest absolute Gasteiger partial charge is 0.127 e. The van der Waals surface area contributed by atoms with Crippen molar-refractivity contribution >= 4 is 34.1 Å². The van der Waals surface area contributed by atoms with E-state index in [0.29, 0.717) is 23.5 Å². The quantitative estimate of drug-likeness (QED) is 0.646. The molecule has 5 nitrogen and oxygen atoms in total. The van der Waals surface area contributed by atoms with Crippen LogP contribution in [0.15, 0.2) is 29.8 Å². The number of hydrogen-bond acceptors (Lipinski definition) is 5. The third kappa shape index (κ3) is 2.90. The van der Waals surface area contributed by atoms with Crippen LogP contribution in [-0.2, 0) is 6.54 Å². The van der Waals surface area contributed by atoms with Gasteiger partial charge < -0.3 is 5.11 Å². The number of benzene rings is 1. The van der Waals surface area contributed by atoms with Gasteiger partial charge in [-0.05, 0) is 59.2 Å². The van der Waals surface area contributed by atoms with E-state index in [0.717, 1.165) is 9.13 Å². The van der Waals surface area contributed by atoms with E-state index in [4.69, 9.17) is 0 Å². The maximum absolute atomic E-state index is 13.3. The van der Waals surface area contributed by atoms with Crippen molar-refractivity contribution in [1.82, 2.24) is 19.4 Å². The van der Waals surface area contributed by atoms with E-state index in [9.17, 15) is 9.50 Å². The van der Waals surface area contributed by atoms with Gasteiger partial charge in [0, 0.05) is 26.6 Å². The third-order valence-corrected chi connectivity index (χ3v) is 4.78. The van der Waals surface area contributed by atoms with Gasteiger partial charge in [-0.15, -0.1) is 5.10 Å². The second-order valence-electron chi connectivity index (χ2n) is 4.64. The van der Waals surface area contributed by atoms with E-state index < -0.39 is 6.10 Å². The van der Waals surface area contributed by atoms with Gasteiger partial charge in [0.25, 0.3) is 0 Å². The Kier molecular flexibility index (Phi) is 4.50. The van der Waals surface area contributed by atoms with E-state index in [1.165, 1.54) is 23.7 Å². The summed E-state index contributed by atoms with van der Waals surface area (Å²) in [4.78, 5) is 0. The van der Waals surface area contributed by atoms with Crippen LogP contribution in [0.5, 0.6) is 0 Å². The molecule has 0 saturated carbocycles. The van der Waals surface area contributed by atoms with Gasteiger partial charge >= 0.3 is 0 Å². The third-order valence-electron chi connectivity index (χ3n) is 3.24. The first kappa shape index (κ1) is 15.5. The molecule has 1 N–H and O–H groups in total. The SMILES string of the molecule is CCn1cc(C(O)c2csnc2-c2ccc(F)cc2I)nn1. The lowest BCUT2D eigenvalue weighted by molar-refractivity contribution is 0.216. The minimum absolute atomic E-state index is 0.295. The lowest BCUT2D eigenvalue weighted by Crippen LogP contribution is -2.01. The lowest BCUT2D eigenvalue weighted by Gasteiger charge is -2.09. The molecule has 0 aliphatic carbocycles. The van der Waals surface area contributed by atoms with Crippen LogP contribution in [0, 0.1) is 9.39 Å². The van der Waals surface area contributed by atoms with Crippen LogP contribution < -0.4 is 0 Å². The van der Waals surface area contributed by atoms with Crippen LogP contribution in [0.4, 0.5) is 4.39 Å². The van der Waals surface area contributed by atoms with Crippen LogP contribution in [0.3, 0.4) is 0 Å². The van der Waals surface area contributed by atoms with Gasteiger partial charge in [0.2, 0.25) is 0 Å². The van der Waals surface area contributed by atoms with Crippen molar-refractivity contribution in [3.8, 4) is 11.3 Å². The molecule has 8 heteroatoms. The predicted molar refractivity (Wildman–Crippen MR) is 90.0 cm³/mol. The zero-order valence-electron chi connectivity index (χ0n) is 11.6. The second-order valence-corrected chi connectivity index (χ2v) is 6.44. The van der Waals surface area contributed by atoms with Crippen molar-refractivity contribution in [3.63, 3.8) is 0 Å². The fourth-order valence-corrected chi connectivity index (χ4v) is 3.53. The number of hydrogen-bond donors (Lipinski definition) is 1. The zero-order chi connectivity index (χ0) is 15.7. The summed E-state index contributed by atoms with van der Waals surface area (Å²) < 4.78 is 20.0. The molecule has 114 valence electrons. The number of aliphatic hydroxyl groups is 1. The molecule has 3 aromatic rings. The highest BCUT2D eigenvalue weighted by Crippen LogP contribution is 2.34. The van der Waals surface area contributed by atoms with Crippen LogP contribution >= 0.6 is 34.1 Å². The fraction of sp³-hybridized carbons (Fsp3) is 0.214. The molecule has 0 fully saturated rings. The lowest BCUT2D eigenvalue weighted by atomic mass is 10.0. The van der Waals surface area contributed by atoms with Crippen molar-refractivity contribution in [3.05, 3.63) is 50.4 Å². The normalized spacial score (nSPS) is 12.5. The van der Waals surface area contributed by atoms with Crippen molar-refractivity contribution in [2.75, 3.05) is 0 Å². The molecule has 2 aromatic heterocycles. The van der Waals surface area contributed by atoms with E-state index >= 15 is 0 Å². The number of aromatic nitrogens is 4. The summed E-state index contributed by atoms with van der Waals surface area (Å²) in [6.45, 7) is 2.63. The molecule has 2 heterocycles. The number of rotatable bonds is 4. The molecule has 0 aliphatic rings. The van der Waals surface area contributed by atoms with Crippen LogP contribution in [0.2, 0.25) is 0 Å². The Balaban J connectivity index is 2.01. The molecule has 0 saturated heterocycles. The minimum atomic E-state index is -0.907. The Morgan fingerprint density at radius 3 is 2.95 bits per heavy atom. The monoisotopic (exact) mass is 430 g/mol. The van der Waals surface area contributed by atoms with E-state index in [1.807, 2.05) is 6.92 Å². The summed E-state index contributed by atoms with van der Waals surface area (Å²) in [5.41, 5.74) is 2.56. The van der Waals surface area contributed by atoms with Gasteiger partial charge in [-0.25, -0.2) is 4.39 Å². The summed E-state index contributed by atoms with van der Waals surface area (Å²) >= 11 is 3.31. The fourth-order valence-electron chi connectivity index (χ4n) is 2.08. The first-order chi connectivity index (χ1) is 10.6.